The van der Waals surface area contributed by atoms with Crippen LogP contribution in [-0.2, 0) is 13.0 Å². The van der Waals surface area contributed by atoms with Crippen molar-refractivity contribution in [1.82, 2.24) is 0 Å². The van der Waals surface area contributed by atoms with Crippen LogP contribution in [0.3, 0.4) is 0 Å². The number of nitrogens with zero attached hydrogens (tertiary/aromatic N) is 1. The third-order valence-electron chi connectivity index (χ3n) is 3.64. The van der Waals surface area contributed by atoms with Crippen LogP contribution in [0.5, 0.6) is 5.75 Å². The molecule has 23 heavy (non-hydrogen) atoms. The summed E-state index contributed by atoms with van der Waals surface area (Å²) in [7, 11) is 0. The van der Waals surface area contributed by atoms with Crippen molar-refractivity contribution in [3.63, 3.8) is 0 Å². The van der Waals surface area contributed by atoms with E-state index in [1.54, 1.807) is 0 Å². The summed E-state index contributed by atoms with van der Waals surface area (Å²) >= 11 is 3.42. The van der Waals surface area contributed by atoms with Gasteiger partial charge in [-0.2, -0.15) is 0 Å². The van der Waals surface area contributed by atoms with E-state index in [4.69, 9.17) is 4.74 Å². The van der Waals surface area contributed by atoms with Gasteiger partial charge in [0.05, 0.1) is 0 Å². The molecule has 2 aromatic carbocycles. The van der Waals surface area contributed by atoms with Gasteiger partial charge in [-0.15, -0.1) is 0 Å². The second-order valence-corrected chi connectivity index (χ2v) is 6.32. The molecular weight excluding hydrogens is 350 g/mol. The molecule has 0 saturated carbocycles. The number of benzene rings is 2. The lowest BCUT2D eigenvalue weighted by molar-refractivity contribution is -0.697. The van der Waals surface area contributed by atoms with Gasteiger partial charge in [0, 0.05) is 16.6 Å². The molecule has 0 atom stereocenters. The Morgan fingerprint density at radius 2 is 1.43 bits per heavy atom. The summed E-state index contributed by atoms with van der Waals surface area (Å²) in [4.78, 5) is 0. The second kappa shape index (κ2) is 7.93. The molecule has 1 aromatic heterocycles. The van der Waals surface area contributed by atoms with Crippen LogP contribution in [0, 0.1) is 0 Å². The van der Waals surface area contributed by atoms with Gasteiger partial charge in [0.15, 0.2) is 18.9 Å². The quantitative estimate of drug-likeness (QED) is 0.587. The smallest absolute Gasteiger partial charge is 0.182 e. The van der Waals surface area contributed by atoms with Gasteiger partial charge in [0.2, 0.25) is 0 Å². The highest BCUT2D eigenvalue weighted by atomic mass is 79.9. The van der Waals surface area contributed by atoms with Gasteiger partial charge in [0.25, 0.3) is 0 Å². The van der Waals surface area contributed by atoms with Crippen molar-refractivity contribution in [3.8, 4) is 5.75 Å². The zero-order valence-corrected chi connectivity index (χ0v) is 14.4. The van der Waals surface area contributed by atoms with Crippen LogP contribution < -0.4 is 9.30 Å². The molecule has 0 amide bonds. The molecule has 0 fully saturated rings. The first-order valence-corrected chi connectivity index (χ1v) is 8.49. The summed E-state index contributed by atoms with van der Waals surface area (Å²) in [6.45, 7) is 1.49. The SMILES string of the molecule is Brc1ccc(OCC[n+]2ccc(Cc3ccccc3)cc2)cc1. The second-order valence-electron chi connectivity index (χ2n) is 5.41. The molecule has 0 aliphatic heterocycles. The monoisotopic (exact) mass is 368 g/mol. The molecule has 0 aliphatic carbocycles. The molecule has 116 valence electrons. The largest absolute Gasteiger partial charge is 0.487 e. The minimum absolute atomic E-state index is 0.657. The third kappa shape index (κ3) is 4.93. The maximum Gasteiger partial charge on any atom is 0.182 e. The molecule has 0 bridgehead atoms. The van der Waals surface area contributed by atoms with Gasteiger partial charge in [-0.05, 0) is 41.8 Å². The summed E-state index contributed by atoms with van der Waals surface area (Å²) in [6, 6.07) is 22.8. The van der Waals surface area contributed by atoms with E-state index in [1.165, 1.54) is 11.1 Å². The zero-order valence-electron chi connectivity index (χ0n) is 12.9. The average Bonchev–Trinajstić information content (AvgIpc) is 2.59. The summed E-state index contributed by atoms with van der Waals surface area (Å²) in [5.41, 5.74) is 2.66. The molecule has 0 aliphatic rings. The molecular formula is C20H19BrNO+. The fraction of sp³-hybridized carbons (Fsp3) is 0.150. The van der Waals surface area contributed by atoms with Crippen molar-refractivity contribution < 1.29 is 9.30 Å². The Morgan fingerprint density at radius 1 is 0.783 bits per heavy atom. The predicted molar refractivity (Wildman–Crippen MR) is 95.5 cm³/mol. The van der Waals surface area contributed by atoms with Gasteiger partial charge < -0.3 is 4.74 Å². The number of aromatic nitrogens is 1. The molecule has 0 N–H and O–H groups in total. The van der Waals surface area contributed by atoms with E-state index >= 15 is 0 Å². The number of hydrogen-bond acceptors (Lipinski definition) is 1. The molecule has 2 nitrogen and oxygen atoms in total. The molecule has 3 heteroatoms. The number of ether oxygens (including phenoxy) is 1. The molecule has 0 saturated heterocycles. The molecule has 1 heterocycles. The molecule has 0 radical (unpaired) electrons. The van der Waals surface area contributed by atoms with E-state index in [1.807, 2.05) is 30.3 Å². The highest BCUT2D eigenvalue weighted by molar-refractivity contribution is 9.10. The van der Waals surface area contributed by atoms with Crippen LogP contribution in [0.25, 0.3) is 0 Å². The Hall–Kier alpha value is -2.13. The lowest BCUT2D eigenvalue weighted by atomic mass is 10.1. The highest BCUT2D eigenvalue weighted by Crippen LogP contribution is 2.15. The van der Waals surface area contributed by atoms with Crippen LogP contribution in [0.2, 0.25) is 0 Å². The standard InChI is InChI=1S/C20H19BrNO/c21-19-6-8-20(9-7-19)23-15-14-22-12-10-18(11-13-22)16-17-4-2-1-3-5-17/h1-13H,14-16H2/q+1. The first-order chi connectivity index (χ1) is 11.3. The number of halogens is 1. The third-order valence-corrected chi connectivity index (χ3v) is 4.17. The predicted octanol–water partition coefficient (Wildman–Crippen LogP) is 4.41. The maximum atomic E-state index is 5.75. The normalized spacial score (nSPS) is 10.5. The van der Waals surface area contributed by atoms with Crippen LogP contribution in [0.15, 0.2) is 83.6 Å². The van der Waals surface area contributed by atoms with Crippen molar-refractivity contribution in [1.29, 1.82) is 0 Å². The maximum absolute atomic E-state index is 5.75. The lowest BCUT2D eigenvalue weighted by Crippen LogP contribution is -2.35. The van der Waals surface area contributed by atoms with E-state index in [0.29, 0.717) is 6.61 Å². The Morgan fingerprint density at radius 3 is 2.13 bits per heavy atom. The number of pyridine rings is 1. The van der Waals surface area contributed by atoms with Crippen LogP contribution in [-0.4, -0.2) is 6.61 Å². The summed E-state index contributed by atoms with van der Waals surface area (Å²) < 4.78 is 8.96. The fourth-order valence-corrected chi connectivity index (χ4v) is 2.65. The van der Waals surface area contributed by atoms with Crippen molar-refractivity contribution in [2.45, 2.75) is 13.0 Å². The minimum atomic E-state index is 0.657. The first kappa shape index (κ1) is 15.8. The molecule has 0 spiro atoms. The number of rotatable bonds is 6. The topological polar surface area (TPSA) is 13.1 Å². The van der Waals surface area contributed by atoms with Gasteiger partial charge in [-0.25, -0.2) is 4.57 Å². The Labute approximate surface area is 145 Å². The molecule has 3 rings (SSSR count). The highest BCUT2D eigenvalue weighted by Gasteiger charge is 2.03. The van der Waals surface area contributed by atoms with E-state index < -0.39 is 0 Å². The minimum Gasteiger partial charge on any atom is -0.487 e. The van der Waals surface area contributed by atoms with Crippen molar-refractivity contribution in [2.24, 2.45) is 0 Å². The lowest BCUT2D eigenvalue weighted by Gasteiger charge is -2.05. The van der Waals surface area contributed by atoms with E-state index in [0.717, 1.165) is 23.2 Å². The number of hydrogen-bond donors (Lipinski definition) is 0. The van der Waals surface area contributed by atoms with Crippen LogP contribution >= 0.6 is 15.9 Å². The van der Waals surface area contributed by atoms with Crippen LogP contribution in [0.1, 0.15) is 11.1 Å². The van der Waals surface area contributed by atoms with Gasteiger partial charge in [-0.3, -0.25) is 0 Å². The van der Waals surface area contributed by atoms with Gasteiger partial charge >= 0.3 is 0 Å². The summed E-state index contributed by atoms with van der Waals surface area (Å²) in [6.07, 6.45) is 5.20. The van der Waals surface area contributed by atoms with Gasteiger partial charge in [0.1, 0.15) is 12.4 Å². The van der Waals surface area contributed by atoms with Crippen molar-refractivity contribution in [2.75, 3.05) is 6.61 Å². The Bertz CT molecular complexity index is 724. The summed E-state index contributed by atoms with van der Waals surface area (Å²) in [5.74, 6) is 0.898. The van der Waals surface area contributed by atoms with E-state index in [-0.39, 0.29) is 0 Å². The fourth-order valence-electron chi connectivity index (χ4n) is 2.39. The van der Waals surface area contributed by atoms with Crippen molar-refractivity contribution >= 4 is 15.9 Å². The zero-order chi connectivity index (χ0) is 15.9. The first-order valence-electron chi connectivity index (χ1n) is 7.70. The summed E-state index contributed by atoms with van der Waals surface area (Å²) in [5, 5.41) is 0. The Balaban J connectivity index is 1.50. The van der Waals surface area contributed by atoms with Crippen LogP contribution in [0.4, 0.5) is 0 Å². The van der Waals surface area contributed by atoms with E-state index in [2.05, 4.69) is 69.3 Å². The van der Waals surface area contributed by atoms with E-state index in [9.17, 15) is 0 Å². The average molecular weight is 369 g/mol. The molecule has 3 aromatic rings. The van der Waals surface area contributed by atoms with Gasteiger partial charge in [-0.1, -0.05) is 46.3 Å². The Kier molecular flexibility index (Phi) is 5.43. The molecule has 0 unspecified atom stereocenters. The van der Waals surface area contributed by atoms with Crippen molar-refractivity contribution in [3.05, 3.63) is 94.7 Å².